The van der Waals surface area contributed by atoms with Gasteiger partial charge in [0.25, 0.3) is 11.8 Å². The lowest BCUT2D eigenvalue weighted by molar-refractivity contribution is 0.0527. The Balaban J connectivity index is 2.03. The van der Waals surface area contributed by atoms with E-state index in [9.17, 15) is 18.8 Å². The van der Waals surface area contributed by atoms with E-state index in [2.05, 4.69) is 15.6 Å². The van der Waals surface area contributed by atoms with Crippen molar-refractivity contribution in [2.45, 2.75) is 20.8 Å². The molecule has 0 aliphatic carbocycles. The summed E-state index contributed by atoms with van der Waals surface area (Å²) < 4.78 is 18.5. The second-order valence-corrected chi connectivity index (χ2v) is 7.49. The number of nitrogens with zero attached hydrogens (tertiary/aromatic N) is 1. The van der Waals surface area contributed by atoms with E-state index in [0.717, 1.165) is 11.3 Å². The second kappa shape index (κ2) is 8.58. The zero-order valence-electron chi connectivity index (χ0n) is 16.9. The maximum atomic E-state index is 13.4. The highest BCUT2D eigenvalue weighted by Crippen LogP contribution is 2.34. The van der Waals surface area contributed by atoms with E-state index in [0.29, 0.717) is 27.0 Å². The number of amides is 2. The Bertz CT molecular complexity index is 1170. The summed E-state index contributed by atoms with van der Waals surface area (Å²) in [5.41, 5.74) is 1.68. The number of hydrogen-bond acceptors (Lipinski definition) is 6. The van der Waals surface area contributed by atoms with Gasteiger partial charge in [-0.05, 0) is 44.5 Å². The van der Waals surface area contributed by atoms with E-state index in [1.807, 2.05) is 0 Å². The Labute approximate surface area is 176 Å². The molecular formula is C21H20FN3O4S. The Morgan fingerprint density at radius 2 is 1.90 bits per heavy atom. The fourth-order valence-corrected chi connectivity index (χ4v) is 4.15. The number of ether oxygens (including phenoxy) is 1. The molecule has 0 bridgehead atoms. The number of fused-ring (bicyclic) bond motifs is 1. The lowest BCUT2D eigenvalue weighted by atomic mass is 10.1. The number of carbonyl (C=O) groups is 3. The summed E-state index contributed by atoms with van der Waals surface area (Å²) in [5, 5.41) is 6.05. The number of thiophene rings is 1. The first-order chi connectivity index (χ1) is 14.3. The van der Waals surface area contributed by atoms with Gasteiger partial charge in [-0.3, -0.25) is 14.6 Å². The molecule has 0 aliphatic heterocycles. The molecule has 2 heterocycles. The Morgan fingerprint density at radius 3 is 2.57 bits per heavy atom. The van der Waals surface area contributed by atoms with Gasteiger partial charge in [0.05, 0.1) is 33.8 Å². The smallest absolute Gasteiger partial charge is 0.341 e. The van der Waals surface area contributed by atoms with Crippen molar-refractivity contribution in [2.75, 3.05) is 19.0 Å². The van der Waals surface area contributed by atoms with Crippen LogP contribution < -0.4 is 10.6 Å². The Morgan fingerprint density at radius 1 is 1.17 bits per heavy atom. The zero-order valence-corrected chi connectivity index (χ0v) is 17.7. The minimum absolute atomic E-state index is 0.141. The fraction of sp³-hybridized carbons (Fsp3) is 0.238. The molecule has 2 amide bonds. The van der Waals surface area contributed by atoms with Crippen molar-refractivity contribution >= 4 is 45.0 Å². The number of rotatable bonds is 5. The highest BCUT2D eigenvalue weighted by molar-refractivity contribution is 7.18. The highest BCUT2D eigenvalue weighted by Gasteiger charge is 2.27. The van der Waals surface area contributed by atoms with Crippen LogP contribution in [0.5, 0.6) is 0 Å². The predicted molar refractivity (Wildman–Crippen MR) is 113 cm³/mol. The molecular weight excluding hydrogens is 409 g/mol. The molecule has 0 spiro atoms. The molecule has 7 nitrogen and oxygen atoms in total. The van der Waals surface area contributed by atoms with Gasteiger partial charge in [-0.1, -0.05) is 0 Å². The van der Waals surface area contributed by atoms with E-state index in [1.54, 1.807) is 26.8 Å². The number of carbonyl (C=O) groups excluding carboxylic acids is 3. The van der Waals surface area contributed by atoms with Crippen molar-refractivity contribution in [1.82, 2.24) is 10.3 Å². The number of hydrogen-bond donors (Lipinski definition) is 2. The average Bonchev–Trinajstić information content (AvgIpc) is 3.02. The molecule has 0 unspecified atom stereocenters. The Kier molecular flexibility index (Phi) is 6.12. The first-order valence-electron chi connectivity index (χ1n) is 9.17. The fourth-order valence-electron chi connectivity index (χ4n) is 3.02. The van der Waals surface area contributed by atoms with Gasteiger partial charge >= 0.3 is 5.97 Å². The number of aromatic nitrogens is 1. The molecule has 1 aromatic carbocycles. The van der Waals surface area contributed by atoms with Crippen LogP contribution in [-0.2, 0) is 4.74 Å². The van der Waals surface area contributed by atoms with Crippen molar-refractivity contribution in [3.05, 3.63) is 57.3 Å². The quantitative estimate of drug-likeness (QED) is 0.601. The highest BCUT2D eigenvalue weighted by atomic mass is 32.1. The maximum Gasteiger partial charge on any atom is 0.341 e. The number of esters is 1. The number of anilines is 1. The van der Waals surface area contributed by atoms with Crippen molar-refractivity contribution in [3.8, 4) is 0 Å². The van der Waals surface area contributed by atoms with Crippen molar-refractivity contribution in [3.63, 3.8) is 0 Å². The molecule has 0 fully saturated rings. The monoisotopic (exact) mass is 429 g/mol. The van der Waals surface area contributed by atoms with Crippen LogP contribution in [0, 0.1) is 19.7 Å². The summed E-state index contributed by atoms with van der Waals surface area (Å²) >= 11 is 0.993. The van der Waals surface area contributed by atoms with Gasteiger partial charge in [0.1, 0.15) is 10.8 Å². The van der Waals surface area contributed by atoms with Gasteiger partial charge < -0.3 is 15.4 Å². The molecule has 30 heavy (non-hydrogen) atoms. The maximum absolute atomic E-state index is 13.4. The number of aryl methyl sites for hydroxylation is 1. The second-order valence-electron chi connectivity index (χ2n) is 6.47. The topological polar surface area (TPSA) is 97.4 Å². The third kappa shape index (κ3) is 4.02. The van der Waals surface area contributed by atoms with Gasteiger partial charge in [0.15, 0.2) is 0 Å². The standard InChI is InChI=1S/C21H20FN3O4S/c1-5-29-21(28)16-10(2)17(19(27)23-4)30-20(16)25-18(26)14-8-12-6-7-13(22)9-15(12)24-11(14)3/h6-9H,5H2,1-4H3,(H,23,27)(H,25,26). The molecule has 0 radical (unpaired) electrons. The predicted octanol–water partition coefficient (Wildman–Crippen LogP) is 3.84. The lowest BCUT2D eigenvalue weighted by Gasteiger charge is -2.10. The third-order valence-electron chi connectivity index (χ3n) is 4.50. The minimum atomic E-state index is -0.625. The van der Waals surface area contributed by atoms with Crippen LogP contribution in [-0.4, -0.2) is 36.4 Å². The summed E-state index contributed by atoms with van der Waals surface area (Å²) in [4.78, 5) is 42.2. The number of halogens is 1. The largest absolute Gasteiger partial charge is 0.462 e. The van der Waals surface area contributed by atoms with Gasteiger partial charge in [-0.2, -0.15) is 0 Å². The molecule has 2 N–H and O–H groups in total. The van der Waals surface area contributed by atoms with Crippen molar-refractivity contribution in [2.24, 2.45) is 0 Å². The molecule has 3 aromatic rings. The Hall–Kier alpha value is -3.33. The van der Waals surface area contributed by atoms with Crippen LogP contribution in [0.1, 0.15) is 48.6 Å². The number of benzene rings is 1. The number of pyridine rings is 1. The molecule has 2 aromatic heterocycles. The van der Waals surface area contributed by atoms with Crippen molar-refractivity contribution < 1.29 is 23.5 Å². The molecule has 156 valence electrons. The van der Waals surface area contributed by atoms with Gasteiger partial charge in [-0.25, -0.2) is 9.18 Å². The van der Waals surface area contributed by atoms with Crippen LogP contribution >= 0.6 is 11.3 Å². The summed E-state index contributed by atoms with van der Waals surface area (Å²) in [5.74, 6) is -1.90. The summed E-state index contributed by atoms with van der Waals surface area (Å²) in [6.07, 6.45) is 0. The normalized spacial score (nSPS) is 10.7. The lowest BCUT2D eigenvalue weighted by Crippen LogP contribution is -2.18. The summed E-state index contributed by atoms with van der Waals surface area (Å²) in [6, 6.07) is 5.73. The zero-order chi connectivity index (χ0) is 22.0. The van der Waals surface area contributed by atoms with E-state index in [1.165, 1.54) is 25.2 Å². The SMILES string of the molecule is CCOC(=O)c1c(NC(=O)c2cc3ccc(F)cc3nc2C)sc(C(=O)NC)c1C. The average molecular weight is 429 g/mol. The third-order valence-corrected chi connectivity index (χ3v) is 5.71. The summed E-state index contributed by atoms with van der Waals surface area (Å²) in [7, 11) is 1.48. The van der Waals surface area contributed by atoms with E-state index < -0.39 is 17.7 Å². The molecule has 0 saturated carbocycles. The van der Waals surface area contributed by atoms with Gasteiger partial charge in [-0.15, -0.1) is 11.3 Å². The minimum Gasteiger partial charge on any atom is -0.462 e. The molecule has 0 saturated heterocycles. The van der Waals surface area contributed by atoms with Crippen molar-refractivity contribution in [1.29, 1.82) is 0 Å². The van der Waals surface area contributed by atoms with E-state index in [-0.39, 0.29) is 28.6 Å². The van der Waals surface area contributed by atoms with Gasteiger partial charge in [0, 0.05) is 18.5 Å². The first-order valence-corrected chi connectivity index (χ1v) is 9.99. The molecule has 9 heteroatoms. The van der Waals surface area contributed by atoms with Crippen LogP contribution in [0.2, 0.25) is 0 Å². The molecule has 3 rings (SSSR count). The van der Waals surface area contributed by atoms with Crippen LogP contribution in [0.3, 0.4) is 0 Å². The van der Waals surface area contributed by atoms with Crippen LogP contribution in [0.4, 0.5) is 9.39 Å². The first kappa shape index (κ1) is 21.4. The van der Waals surface area contributed by atoms with Crippen LogP contribution in [0.25, 0.3) is 10.9 Å². The van der Waals surface area contributed by atoms with E-state index in [4.69, 9.17) is 4.74 Å². The van der Waals surface area contributed by atoms with Crippen LogP contribution in [0.15, 0.2) is 24.3 Å². The molecule has 0 aliphatic rings. The summed E-state index contributed by atoms with van der Waals surface area (Å²) in [6.45, 7) is 5.09. The molecule has 0 atom stereocenters. The number of nitrogens with one attached hydrogen (secondary N) is 2. The van der Waals surface area contributed by atoms with Gasteiger partial charge in [0.2, 0.25) is 0 Å². The van der Waals surface area contributed by atoms with E-state index >= 15 is 0 Å².